The molecule has 0 aliphatic heterocycles. The zero-order chi connectivity index (χ0) is 55.0. The number of carbonyl (C=O) groups excluding carboxylic acids is 3. The lowest BCUT2D eigenvalue weighted by atomic mass is 10.0. The summed E-state index contributed by atoms with van der Waals surface area (Å²) in [5.74, 6) is -0.843. The Hall–Kier alpha value is -1.59. The van der Waals surface area contributed by atoms with E-state index >= 15 is 0 Å². The van der Waals surface area contributed by atoms with Gasteiger partial charge >= 0.3 is 17.9 Å². The summed E-state index contributed by atoms with van der Waals surface area (Å²) >= 11 is 0. The van der Waals surface area contributed by atoms with Crippen LogP contribution in [0.4, 0.5) is 0 Å². The molecule has 0 spiro atoms. The van der Waals surface area contributed by atoms with Crippen molar-refractivity contribution in [2.75, 3.05) is 13.2 Å². The Kier molecular flexibility index (Phi) is 64.5. The van der Waals surface area contributed by atoms with Gasteiger partial charge in [0, 0.05) is 19.3 Å². The largest absolute Gasteiger partial charge is 0.462 e. The minimum Gasteiger partial charge on any atom is -0.462 e. The van der Waals surface area contributed by atoms with Gasteiger partial charge in [-0.1, -0.05) is 374 Å². The van der Waals surface area contributed by atoms with Crippen molar-refractivity contribution < 1.29 is 28.6 Å². The molecule has 0 N–H and O–H groups in total. The molecule has 0 saturated heterocycles. The molecular formula is C70H136O6. The molecule has 0 aromatic heterocycles. The van der Waals surface area contributed by atoms with E-state index in [0.717, 1.165) is 64.2 Å². The monoisotopic (exact) mass is 1070 g/mol. The molecule has 0 aromatic carbocycles. The van der Waals surface area contributed by atoms with Gasteiger partial charge in [-0.05, 0) is 19.3 Å². The third kappa shape index (κ3) is 63.2. The molecule has 1 atom stereocenters. The van der Waals surface area contributed by atoms with Gasteiger partial charge < -0.3 is 14.2 Å². The second-order valence-corrected chi connectivity index (χ2v) is 24.2. The van der Waals surface area contributed by atoms with Gasteiger partial charge in [-0.15, -0.1) is 0 Å². The second-order valence-electron chi connectivity index (χ2n) is 24.2. The van der Waals surface area contributed by atoms with Gasteiger partial charge in [0.1, 0.15) is 13.2 Å². The van der Waals surface area contributed by atoms with E-state index in [9.17, 15) is 14.4 Å². The number of hydrogen-bond acceptors (Lipinski definition) is 6. The van der Waals surface area contributed by atoms with E-state index in [1.54, 1.807) is 0 Å². The molecular weight excluding hydrogens is 937 g/mol. The number of rotatable bonds is 66. The highest BCUT2D eigenvalue weighted by Crippen LogP contribution is 2.19. The maximum Gasteiger partial charge on any atom is 0.306 e. The molecule has 0 saturated carbocycles. The van der Waals surface area contributed by atoms with Crippen LogP contribution < -0.4 is 0 Å². The summed E-state index contributed by atoms with van der Waals surface area (Å²) in [5.41, 5.74) is 0. The summed E-state index contributed by atoms with van der Waals surface area (Å²) < 4.78 is 16.8. The fourth-order valence-corrected chi connectivity index (χ4v) is 11.1. The van der Waals surface area contributed by atoms with Gasteiger partial charge in [0.2, 0.25) is 0 Å². The molecule has 0 aliphatic carbocycles. The van der Waals surface area contributed by atoms with Crippen LogP contribution in [0, 0.1) is 0 Å². The number of hydrogen-bond donors (Lipinski definition) is 0. The Morgan fingerprint density at radius 3 is 0.526 bits per heavy atom. The normalized spacial score (nSPS) is 11.9. The van der Waals surface area contributed by atoms with E-state index < -0.39 is 6.10 Å². The SMILES string of the molecule is CCCCCCCCCCCCCCCCCCCCCCCCCCCCCCCC(=O)OCC(COC(=O)CCCCCCC)OC(=O)CCCCCCCCCCCCCCCCCCCCCCCCCC. The molecule has 6 nitrogen and oxygen atoms in total. The molecule has 6 heteroatoms. The molecule has 0 radical (unpaired) electrons. The Bertz CT molecular complexity index is 1140. The first-order valence-corrected chi connectivity index (χ1v) is 35.0. The molecule has 0 fully saturated rings. The van der Waals surface area contributed by atoms with Crippen LogP contribution in [0.15, 0.2) is 0 Å². The Morgan fingerprint density at radius 2 is 0.355 bits per heavy atom. The quantitative estimate of drug-likeness (QED) is 0.0343. The predicted molar refractivity (Wildman–Crippen MR) is 330 cm³/mol. The van der Waals surface area contributed by atoms with Crippen LogP contribution in [0.3, 0.4) is 0 Å². The molecule has 0 amide bonds. The van der Waals surface area contributed by atoms with Crippen molar-refractivity contribution in [1.29, 1.82) is 0 Å². The van der Waals surface area contributed by atoms with Gasteiger partial charge in [0.15, 0.2) is 6.10 Å². The Balaban J connectivity index is 3.89. The highest BCUT2D eigenvalue weighted by Gasteiger charge is 2.19. The molecule has 76 heavy (non-hydrogen) atoms. The average Bonchev–Trinajstić information content (AvgIpc) is 3.42. The second kappa shape index (κ2) is 65.9. The molecule has 0 bridgehead atoms. The van der Waals surface area contributed by atoms with Crippen molar-refractivity contribution in [1.82, 2.24) is 0 Å². The van der Waals surface area contributed by atoms with E-state index in [1.807, 2.05) is 0 Å². The first kappa shape index (κ1) is 74.4. The van der Waals surface area contributed by atoms with Crippen LogP contribution in [0.2, 0.25) is 0 Å². The Labute approximate surface area is 476 Å². The maximum absolute atomic E-state index is 12.8. The maximum atomic E-state index is 12.8. The summed E-state index contributed by atoms with van der Waals surface area (Å²) in [5, 5.41) is 0. The van der Waals surface area contributed by atoms with Crippen LogP contribution in [0.25, 0.3) is 0 Å². The van der Waals surface area contributed by atoms with Gasteiger partial charge in [0.05, 0.1) is 0 Å². The summed E-state index contributed by atoms with van der Waals surface area (Å²) in [4.78, 5) is 38.0. The topological polar surface area (TPSA) is 78.9 Å². The van der Waals surface area contributed by atoms with Crippen molar-refractivity contribution in [3.63, 3.8) is 0 Å². The van der Waals surface area contributed by atoms with Crippen LogP contribution in [0.5, 0.6) is 0 Å². The molecule has 0 aromatic rings. The standard InChI is InChI=1S/C70H136O6/c1-4-7-10-13-15-17-19-21-23-25-27-29-31-33-34-35-36-37-39-40-42-44-46-48-50-52-54-57-60-63-69(72)75-66-67(65-74-68(71)62-59-56-12-9-6-3)76-70(73)64-61-58-55-53-51-49-47-45-43-41-38-32-30-28-26-24-22-20-18-16-14-11-8-5-2/h67H,4-66H2,1-3H3. The minimum absolute atomic E-state index is 0.0621. The lowest BCUT2D eigenvalue weighted by molar-refractivity contribution is -0.167. The van der Waals surface area contributed by atoms with E-state index in [-0.39, 0.29) is 31.1 Å². The molecule has 452 valence electrons. The fraction of sp³-hybridized carbons (Fsp3) is 0.957. The van der Waals surface area contributed by atoms with Gasteiger partial charge in [-0.25, -0.2) is 0 Å². The third-order valence-corrected chi connectivity index (χ3v) is 16.4. The highest BCUT2D eigenvalue weighted by molar-refractivity contribution is 5.71. The van der Waals surface area contributed by atoms with Gasteiger partial charge in [0.25, 0.3) is 0 Å². The smallest absolute Gasteiger partial charge is 0.306 e. The van der Waals surface area contributed by atoms with Crippen molar-refractivity contribution in [3.8, 4) is 0 Å². The van der Waals surface area contributed by atoms with Gasteiger partial charge in [-0.2, -0.15) is 0 Å². The molecule has 0 rings (SSSR count). The van der Waals surface area contributed by atoms with Crippen LogP contribution in [0.1, 0.15) is 412 Å². The van der Waals surface area contributed by atoms with Crippen molar-refractivity contribution in [2.45, 2.75) is 419 Å². The third-order valence-electron chi connectivity index (χ3n) is 16.4. The summed E-state index contributed by atoms with van der Waals surface area (Å²) in [6, 6.07) is 0. The van der Waals surface area contributed by atoms with Crippen molar-refractivity contribution in [3.05, 3.63) is 0 Å². The van der Waals surface area contributed by atoms with E-state index in [2.05, 4.69) is 20.8 Å². The molecule has 0 aliphatic rings. The van der Waals surface area contributed by atoms with Gasteiger partial charge in [-0.3, -0.25) is 14.4 Å². The molecule has 0 heterocycles. The van der Waals surface area contributed by atoms with E-state index in [0.29, 0.717) is 19.3 Å². The van der Waals surface area contributed by atoms with E-state index in [4.69, 9.17) is 14.2 Å². The van der Waals surface area contributed by atoms with Crippen LogP contribution >= 0.6 is 0 Å². The van der Waals surface area contributed by atoms with Crippen LogP contribution in [-0.2, 0) is 28.6 Å². The lowest BCUT2D eigenvalue weighted by Gasteiger charge is -2.18. The lowest BCUT2D eigenvalue weighted by Crippen LogP contribution is -2.30. The van der Waals surface area contributed by atoms with Crippen molar-refractivity contribution >= 4 is 17.9 Å². The Morgan fingerprint density at radius 1 is 0.211 bits per heavy atom. The number of unbranched alkanes of at least 4 members (excludes halogenated alkanes) is 55. The molecule has 1 unspecified atom stereocenters. The highest BCUT2D eigenvalue weighted by atomic mass is 16.6. The average molecular weight is 1070 g/mol. The first-order chi connectivity index (χ1) is 37.5. The summed E-state index contributed by atoms with van der Waals surface area (Å²) in [6.45, 7) is 6.65. The number of ether oxygens (including phenoxy) is 3. The first-order valence-electron chi connectivity index (χ1n) is 35.0. The summed E-state index contributed by atoms with van der Waals surface area (Å²) in [7, 11) is 0. The zero-order valence-corrected chi connectivity index (χ0v) is 52.1. The van der Waals surface area contributed by atoms with Crippen LogP contribution in [-0.4, -0.2) is 37.2 Å². The number of carbonyl (C=O) groups is 3. The fourth-order valence-electron chi connectivity index (χ4n) is 11.1. The zero-order valence-electron chi connectivity index (χ0n) is 52.1. The summed E-state index contributed by atoms with van der Waals surface area (Å²) in [6.07, 6.45) is 77.7. The van der Waals surface area contributed by atoms with E-state index in [1.165, 1.54) is 308 Å². The predicted octanol–water partition coefficient (Wildman–Crippen LogP) is 23.8. The number of esters is 3. The van der Waals surface area contributed by atoms with Crippen molar-refractivity contribution in [2.24, 2.45) is 0 Å². The minimum atomic E-state index is -0.761.